The van der Waals surface area contributed by atoms with Gasteiger partial charge >= 0.3 is 0 Å². The lowest BCUT2D eigenvalue weighted by atomic mass is 10.1. The minimum Gasteiger partial charge on any atom is -0.370 e. The van der Waals surface area contributed by atoms with E-state index in [4.69, 9.17) is 0 Å². The van der Waals surface area contributed by atoms with E-state index in [1.165, 1.54) is 6.07 Å². The van der Waals surface area contributed by atoms with E-state index in [1.807, 2.05) is 19.9 Å². The van der Waals surface area contributed by atoms with Gasteiger partial charge in [0.05, 0.1) is 5.52 Å². The molecule has 2 nitrogen and oxygen atoms in total. The number of anilines is 1. The molecule has 0 saturated carbocycles. The van der Waals surface area contributed by atoms with Crippen LogP contribution in [0.4, 0.5) is 10.2 Å². The van der Waals surface area contributed by atoms with Gasteiger partial charge in [0.2, 0.25) is 0 Å². The third kappa shape index (κ3) is 2.23. The summed E-state index contributed by atoms with van der Waals surface area (Å²) in [5.74, 6) is 0.649. The van der Waals surface area contributed by atoms with Crippen LogP contribution in [0.25, 0.3) is 10.9 Å². The summed E-state index contributed by atoms with van der Waals surface area (Å²) in [6.45, 7) is 6.89. The summed E-state index contributed by atoms with van der Waals surface area (Å²) in [6, 6.07) is 5.13. The molecule has 0 spiro atoms. The van der Waals surface area contributed by atoms with Gasteiger partial charge in [0.15, 0.2) is 0 Å². The van der Waals surface area contributed by atoms with Gasteiger partial charge in [0.25, 0.3) is 0 Å². The Bertz CT molecular complexity index is 549. The van der Waals surface area contributed by atoms with Crippen LogP contribution in [0.1, 0.15) is 24.5 Å². The van der Waals surface area contributed by atoms with Gasteiger partial charge in [-0.1, -0.05) is 13.0 Å². The molecule has 2 rings (SSSR count). The number of hydrogen-bond donors (Lipinski definition) is 1. The Morgan fingerprint density at radius 2 is 2.00 bits per heavy atom. The monoisotopic (exact) mass is 232 g/mol. The smallest absolute Gasteiger partial charge is 0.132 e. The van der Waals surface area contributed by atoms with Crippen LogP contribution < -0.4 is 5.32 Å². The number of pyridine rings is 1. The van der Waals surface area contributed by atoms with Crippen molar-refractivity contribution in [3.63, 3.8) is 0 Å². The third-order valence-electron chi connectivity index (χ3n) is 2.87. The first kappa shape index (κ1) is 11.8. The Morgan fingerprint density at radius 1 is 1.24 bits per heavy atom. The molecule has 2 aromatic rings. The van der Waals surface area contributed by atoms with Crippen LogP contribution in [0, 0.1) is 19.7 Å². The molecule has 0 amide bonds. The summed E-state index contributed by atoms with van der Waals surface area (Å²) in [7, 11) is 0. The van der Waals surface area contributed by atoms with Gasteiger partial charge in [-0.25, -0.2) is 9.37 Å². The highest BCUT2D eigenvalue weighted by Gasteiger charge is 2.08. The quantitative estimate of drug-likeness (QED) is 0.870. The van der Waals surface area contributed by atoms with Crippen LogP contribution >= 0.6 is 0 Å². The minimum atomic E-state index is -0.205. The van der Waals surface area contributed by atoms with Crippen LogP contribution in [-0.2, 0) is 0 Å². The summed E-state index contributed by atoms with van der Waals surface area (Å²) in [5, 5.41) is 3.87. The number of rotatable bonds is 3. The Hall–Kier alpha value is -1.64. The predicted molar refractivity (Wildman–Crippen MR) is 70.0 cm³/mol. The van der Waals surface area contributed by atoms with Gasteiger partial charge in [-0.3, -0.25) is 0 Å². The molecule has 0 bridgehead atoms. The van der Waals surface area contributed by atoms with Crippen molar-refractivity contribution in [2.75, 3.05) is 11.9 Å². The average molecular weight is 232 g/mol. The maximum absolute atomic E-state index is 13.7. The Labute approximate surface area is 101 Å². The molecule has 0 radical (unpaired) electrons. The first-order chi connectivity index (χ1) is 8.13. The maximum Gasteiger partial charge on any atom is 0.132 e. The van der Waals surface area contributed by atoms with E-state index in [-0.39, 0.29) is 5.82 Å². The molecule has 1 N–H and O–H groups in total. The number of halogens is 1. The molecule has 1 heterocycles. The number of aromatic nitrogens is 1. The first-order valence-corrected chi connectivity index (χ1v) is 5.93. The van der Waals surface area contributed by atoms with Gasteiger partial charge in [0, 0.05) is 11.9 Å². The van der Waals surface area contributed by atoms with Crippen molar-refractivity contribution in [3.05, 3.63) is 35.1 Å². The van der Waals surface area contributed by atoms with Gasteiger partial charge < -0.3 is 5.32 Å². The van der Waals surface area contributed by atoms with Crippen LogP contribution in [0.15, 0.2) is 18.2 Å². The third-order valence-corrected chi connectivity index (χ3v) is 2.87. The number of hydrogen-bond acceptors (Lipinski definition) is 2. The van der Waals surface area contributed by atoms with Crippen molar-refractivity contribution >= 4 is 16.7 Å². The van der Waals surface area contributed by atoms with Crippen molar-refractivity contribution < 1.29 is 4.39 Å². The number of aryl methyl sites for hydroxylation is 2. The zero-order valence-corrected chi connectivity index (χ0v) is 10.5. The molecule has 3 heteroatoms. The van der Waals surface area contributed by atoms with Crippen molar-refractivity contribution in [2.24, 2.45) is 0 Å². The van der Waals surface area contributed by atoms with E-state index in [2.05, 4.69) is 17.2 Å². The first-order valence-electron chi connectivity index (χ1n) is 5.93. The summed E-state index contributed by atoms with van der Waals surface area (Å²) >= 11 is 0. The van der Waals surface area contributed by atoms with E-state index >= 15 is 0 Å². The van der Waals surface area contributed by atoms with E-state index in [0.717, 1.165) is 35.4 Å². The molecular weight excluding hydrogens is 215 g/mol. The Morgan fingerprint density at radius 3 is 2.71 bits per heavy atom. The van der Waals surface area contributed by atoms with Crippen LogP contribution in [0.5, 0.6) is 0 Å². The van der Waals surface area contributed by atoms with Crippen molar-refractivity contribution in [2.45, 2.75) is 27.2 Å². The largest absolute Gasteiger partial charge is 0.370 e. The zero-order chi connectivity index (χ0) is 12.4. The number of fused-ring (bicyclic) bond motifs is 1. The summed E-state index contributed by atoms with van der Waals surface area (Å²) < 4.78 is 13.7. The van der Waals surface area contributed by atoms with Crippen molar-refractivity contribution in [1.29, 1.82) is 0 Å². The minimum absolute atomic E-state index is 0.205. The summed E-state index contributed by atoms with van der Waals surface area (Å²) in [5.41, 5.74) is 2.73. The van der Waals surface area contributed by atoms with Crippen LogP contribution in [0.3, 0.4) is 0 Å². The molecule has 1 aromatic carbocycles. The topological polar surface area (TPSA) is 24.9 Å². The van der Waals surface area contributed by atoms with Gasteiger partial charge in [-0.15, -0.1) is 0 Å². The van der Waals surface area contributed by atoms with Gasteiger partial charge in [-0.2, -0.15) is 0 Å². The van der Waals surface area contributed by atoms with E-state index in [1.54, 1.807) is 6.07 Å². The lowest BCUT2D eigenvalue weighted by Gasteiger charge is -2.10. The molecule has 0 aliphatic carbocycles. The van der Waals surface area contributed by atoms with Gasteiger partial charge in [0.1, 0.15) is 11.6 Å². The standard InChI is InChI=1S/C14H17FN2/c1-4-7-16-14-10(3)8-11-12(15)6-5-9(2)13(11)17-14/h5-6,8H,4,7H2,1-3H3,(H,16,17). The highest BCUT2D eigenvalue weighted by molar-refractivity contribution is 5.85. The summed E-state index contributed by atoms with van der Waals surface area (Å²) in [6.07, 6.45) is 1.04. The fourth-order valence-electron chi connectivity index (χ4n) is 1.89. The highest BCUT2D eigenvalue weighted by atomic mass is 19.1. The molecule has 0 aliphatic rings. The fraction of sp³-hybridized carbons (Fsp3) is 0.357. The molecule has 17 heavy (non-hydrogen) atoms. The number of nitrogens with zero attached hydrogens (tertiary/aromatic N) is 1. The average Bonchev–Trinajstić information content (AvgIpc) is 2.32. The van der Waals surface area contributed by atoms with E-state index in [0.29, 0.717) is 5.39 Å². The summed E-state index contributed by atoms with van der Waals surface area (Å²) in [4.78, 5) is 4.52. The predicted octanol–water partition coefficient (Wildman–Crippen LogP) is 3.81. The number of nitrogens with one attached hydrogen (secondary N) is 1. The van der Waals surface area contributed by atoms with E-state index in [9.17, 15) is 4.39 Å². The SMILES string of the molecule is CCCNc1nc2c(C)ccc(F)c2cc1C. The second-order valence-electron chi connectivity index (χ2n) is 4.34. The van der Waals surface area contributed by atoms with E-state index < -0.39 is 0 Å². The Kier molecular flexibility index (Phi) is 3.27. The Balaban J connectivity index is 2.59. The second kappa shape index (κ2) is 4.70. The molecule has 0 fully saturated rings. The molecule has 0 saturated heterocycles. The molecule has 0 unspecified atom stereocenters. The normalized spacial score (nSPS) is 10.8. The molecule has 1 aromatic heterocycles. The number of benzene rings is 1. The lowest BCUT2D eigenvalue weighted by molar-refractivity contribution is 0.639. The molecular formula is C14H17FN2. The second-order valence-corrected chi connectivity index (χ2v) is 4.34. The van der Waals surface area contributed by atoms with Crippen LogP contribution in [-0.4, -0.2) is 11.5 Å². The van der Waals surface area contributed by atoms with Crippen LogP contribution in [0.2, 0.25) is 0 Å². The lowest BCUT2D eigenvalue weighted by Crippen LogP contribution is -2.04. The van der Waals surface area contributed by atoms with Gasteiger partial charge in [-0.05, 0) is 43.5 Å². The molecule has 90 valence electrons. The molecule has 0 atom stereocenters. The maximum atomic E-state index is 13.7. The zero-order valence-electron chi connectivity index (χ0n) is 10.5. The van der Waals surface area contributed by atoms with Crippen molar-refractivity contribution in [1.82, 2.24) is 4.98 Å². The van der Waals surface area contributed by atoms with Crippen molar-refractivity contribution in [3.8, 4) is 0 Å². The highest BCUT2D eigenvalue weighted by Crippen LogP contribution is 2.24. The fourth-order valence-corrected chi connectivity index (χ4v) is 1.89. The molecule has 0 aliphatic heterocycles.